The number of rotatable bonds is 6. The fourth-order valence-corrected chi connectivity index (χ4v) is 2.07. The second-order valence-electron chi connectivity index (χ2n) is 4.33. The van der Waals surface area contributed by atoms with Gasteiger partial charge < -0.3 is 9.92 Å². The summed E-state index contributed by atoms with van der Waals surface area (Å²) in [5.41, 5.74) is 5.14. The third-order valence-electron chi connectivity index (χ3n) is 2.46. The highest BCUT2D eigenvalue weighted by Crippen LogP contribution is 2.19. The van der Waals surface area contributed by atoms with Crippen LogP contribution in [0.15, 0.2) is 12.1 Å². The number of benzene rings is 1. The van der Waals surface area contributed by atoms with Gasteiger partial charge in [0.1, 0.15) is 11.6 Å². The Labute approximate surface area is 115 Å². The molecule has 1 rings (SSSR count). The average Bonchev–Trinajstić information content (AvgIpc) is 2.28. The van der Waals surface area contributed by atoms with E-state index in [9.17, 15) is 22.0 Å². The Morgan fingerprint density at radius 1 is 1.30 bits per heavy atom. The first kappa shape index (κ1) is 16.4. The summed E-state index contributed by atoms with van der Waals surface area (Å²) >= 11 is 0. The van der Waals surface area contributed by atoms with Crippen LogP contribution in [0.3, 0.4) is 0 Å². The number of carbonyl (C=O) groups excluding carboxylic acids is 1. The summed E-state index contributed by atoms with van der Waals surface area (Å²) in [5, 5.41) is 0. The molecule has 0 bridgehead atoms. The zero-order valence-corrected chi connectivity index (χ0v) is 11.7. The fourth-order valence-electron chi connectivity index (χ4n) is 1.65. The van der Waals surface area contributed by atoms with Crippen molar-refractivity contribution in [3.05, 3.63) is 29.3 Å². The van der Waals surface area contributed by atoms with Gasteiger partial charge >= 0.3 is 16.1 Å². The van der Waals surface area contributed by atoms with Crippen molar-refractivity contribution in [2.45, 2.75) is 25.7 Å². The van der Waals surface area contributed by atoms with Crippen LogP contribution < -0.4 is 5.73 Å². The van der Waals surface area contributed by atoms with Crippen molar-refractivity contribution >= 4 is 21.8 Å². The topological polar surface area (TPSA) is 86.5 Å². The van der Waals surface area contributed by atoms with Crippen LogP contribution in [-0.2, 0) is 25.5 Å². The van der Waals surface area contributed by atoms with Gasteiger partial charge in [-0.15, -0.1) is 0 Å². The lowest BCUT2D eigenvalue weighted by atomic mass is 10.1. The lowest BCUT2D eigenvalue weighted by molar-refractivity contribution is -0.133. The number of nitrogens with two attached hydrogens (primary N) is 1. The Morgan fingerprint density at radius 3 is 2.55 bits per heavy atom. The van der Waals surface area contributed by atoms with Crippen molar-refractivity contribution in [1.82, 2.24) is 0 Å². The van der Waals surface area contributed by atoms with Gasteiger partial charge in [0.25, 0.3) is 0 Å². The summed E-state index contributed by atoms with van der Waals surface area (Å²) in [6, 6.07) is 1.93. The number of carbonyl (C=O) groups is 1. The molecule has 20 heavy (non-hydrogen) atoms. The van der Waals surface area contributed by atoms with Gasteiger partial charge in [-0.1, -0.05) is 0 Å². The second kappa shape index (κ2) is 6.65. The van der Waals surface area contributed by atoms with E-state index in [1.165, 1.54) is 0 Å². The first-order valence-corrected chi connectivity index (χ1v) is 7.66. The highest BCUT2D eigenvalue weighted by molar-refractivity contribution is 7.86. The molecule has 5 nitrogen and oxygen atoms in total. The van der Waals surface area contributed by atoms with Crippen molar-refractivity contribution < 1.29 is 26.2 Å². The smallest absolute Gasteiger partial charge is 0.322 e. The van der Waals surface area contributed by atoms with E-state index in [2.05, 4.69) is 4.18 Å². The predicted octanol–water partition coefficient (Wildman–Crippen LogP) is 1.76. The molecule has 0 unspecified atom stereocenters. The van der Waals surface area contributed by atoms with Crippen LogP contribution in [0.5, 0.6) is 0 Å². The van der Waals surface area contributed by atoms with E-state index >= 15 is 0 Å². The van der Waals surface area contributed by atoms with E-state index in [-0.39, 0.29) is 24.1 Å². The van der Waals surface area contributed by atoms with Crippen LogP contribution in [-0.4, -0.2) is 20.6 Å². The first-order valence-electron chi connectivity index (χ1n) is 5.84. The minimum absolute atomic E-state index is 0.112. The molecule has 8 heteroatoms. The molecule has 1 aromatic carbocycles. The number of nitrogen functional groups attached to an aromatic ring is 1. The standard InChI is InChI=1S/C12H15F2NO4S/c1-20(17,18)19-11(16)5-3-2-4-8-6-9(13)7-10(15)12(8)14/h6-7H,2-5,15H2,1H3. The van der Waals surface area contributed by atoms with E-state index in [0.29, 0.717) is 12.8 Å². The van der Waals surface area contributed by atoms with E-state index in [1.807, 2.05) is 0 Å². The van der Waals surface area contributed by atoms with Crippen LogP contribution in [0.25, 0.3) is 0 Å². The van der Waals surface area contributed by atoms with Crippen LogP contribution in [0.4, 0.5) is 14.5 Å². The molecule has 0 saturated carbocycles. The fraction of sp³-hybridized carbons (Fsp3) is 0.417. The molecule has 0 spiro atoms. The second-order valence-corrected chi connectivity index (χ2v) is 5.91. The zero-order valence-electron chi connectivity index (χ0n) is 10.9. The van der Waals surface area contributed by atoms with Crippen molar-refractivity contribution in [3.8, 4) is 0 Å². The minimum Gasteiger partial charge on any atom is -0.396 e. The number of unbranched alkanes of at least 4 members (excludes halogenated alkanes) is 1. The molecule has 0 atom stereocenters. The van der Waals surface area contributed by atoms with Gasteiger partial charge in [0.2, 0.25) is 0 Å². The Bertz CT molecular complexity index is 602. The highest BCUT2D eigenvalue weighted by Gasteiger charge is 2.12. The van der Waals surface area contributed by atoms with Crippen LogP contribution in [0.2, 0.25) is 0 Å². The summed E-state index contributed by atoms with van der Waals surface area (Å²) in [6.07, 6.45) is 1.53. The first-order chi connectivity index (χ1) is 9.19. The summed E-state index contributed by atoms with van der Waals surface area (Å²) in [5.74, 6) is -2.17. The van der Waals surface area contributed by atoms with Crippen molar-refractivity contribution in [2.75, 3.05) is 12.0 Å². The van der Waals surface area contributed by atoms with Gasteiger partial charge in [0.15, 0.2) is 0 Å². The van der Waals surface area contributed by atoms with E-state index in [1.54, 1.807) is 0 Å². The van der Waals surface area contributed by atoms with E-state index < -0.39 is 27.7 Å². The number of anilines is 1. The van der Waals surface area contributed by atoms with Crippen molar-refractivity contribution in [1.29, 1.82) is 0 Å². The minimum atomic E-state index is -3.81. The van der Waals surface area contributed by atoms with Gasteiger partial charge in [-0.3, -0.25) is 4.79 Å². The predicted molar refractivity (Wildman–Crippen MR) is 69.3 cm³/mol. The molecule has 0 amide bonds. The maximum absolute atomic E-state index is 13.5. The normalized spacial score (nSPS) is 11.3. The number of aryl methyl sites for hydroxylation is 1. The van der Waals surface area contributed by atoms with Crippen LogP contribution in [0, 0.1) is 11.6 Å². The van der Waals surface area contributed by atoms with E-state index in [4.69, 9.17) is 5.73 Å². The largest absolute Gasteiger partial charge is 0.396 e. The maximum atomic E-state index is 13.5. The summed E-state index contributed by atoms with van der Waals surface area (Å²) in [4.78, 5) is 11.1. The third-order valence-corrected chi connectivity index (χ3v) is 2.95. The number of hydrogen-bond acceptors (Lipinski definition) is 5. The molecule has 0 aliphatic rings. The summed E-state index contributed by atoms with van der Waals surface area (Å²) in [6.45, 7) is 0. The number of hydrogen-bond donors (Lipinski definition) is 1. The molecule has 0 aliphatic heterocycles. The Hall–Kier alpha value is -1.70. The lowest BCUT2D eigenvalue weighted by Crippen LogP contribution is -2.10. The Kier molecular flexibility index (Phi) is 5.43. The molecule has 112 valence electrons. The molecule has 0 fully saturated rings. The lowest BCUT2D eigenvalue weighted by Gasteiger charge is -2.06. The SMILES string of the molecule is CS(=O)(=O)OC(=O)CCCCc1cc(F)cc(N)c1F. The molecule has 0 heterocycles. The average molecular weight is 307 g/mol. The van der Waals surface area contributed by atoms with Gasteiger partial charge in [0.05, 0.1) is 11.9 Å². The zero-order chi connectivity index (χ0) is 15.3. The van der Waals surface area contributed by atoms with Gasteiger partial charge in [0, 0.05) is 6.42 Å². The van der Waals surface area contributed by atoms with Crippen molar-refractivity contribution in [3.63, 3.8) is 0 Å². The van der Waals surface area contributed by atoms with Gasteiger partial charge in [-0.2, -0.15) is 8.42 Å². The molecule has 0 radical (unpaired) electrons. The molecule has 0 aliphatic carbocycles. The Morgan fingerprint density at radius 2 is 1.95 bits per heavy atom. The Balaban J connectivity index is 2.44. The summed E-state index contributed by atoms with van der Waals surface area (Å²) in [7, 11) is -3.81. The molecule has 1 aromatic rings. The quantitative estimate of drug-likeness (QED) is 0.491. The van der Waals surface area contributed by atoms with Gasteiger partial charge in [-0.05, 0) is 37.0 Å². The molecular weight excluding hydrogens is 292 g/mol. The van der Waals surface area contributed by atoms with Gasteiger partial charge in [-0.25, -0.2) is 8.78 Å². The highest BCUT2D eigenvalue weighted by atomic mass is 32.2. The van der Waals surface area contributed by atoms with E-state index in [0.717, 1.165) is 18.4 Å². The monoisotopic (exact) mass is 307 g/mol. The number of halogens is 2. The van der Waals surface area contributed by atoms with Crippen LogP contribution in [0.1, 0.15) is 24.8 Å². The third kappa shape index (κ3) is 5.52. The van der Waals surface area contributed by atoms with Crippen LogP contribution >= 0.6 is 0 Å². The molecule has 2 N–H and O–H groups in total. The molecule has 0 saturated heterocycles. The molecular formula is C12H15F2NO4S. The maximum Gasteiger partial charge on any atom is 0.322 e. The summed E-state index contributed by atoms with van der Waals surface area (Å²) < 4.78 is 52.0. The molecule has 0 aromatic heterocycles. The van der Waals surface area contributed by atoms with Crippen molar-refractivity contribution in [2.24, 2.45) is 0 Å².